The molecular formula is C12H20Cl6N2O2. The molecular weight excluding hydrogens is 417 g/mol. The van der Waals surface area contributed by atoms with Crippen LogP contribution in [0.1, 0.15) is 41.5 Å². The fourth-order valence-electron chi connectivity index (χ4n) is 0.776. The molecule has 0 fully saturated rings. The van der Waals surface area contributed by atoms with Gasteiger partial charge in [-0.3, -0.25) is 10.2 Å². The highest BCUT2D eigenvalue weighted by atomic mass is 35.6. The molecule has 0 bridgehead atoms. The Kier molecular flexibility index (Phi) is 9.84. The number of ether oxygens (including phenoxy) is 1. The van der Waals surface area contributed by atoms with Crippen molar-refractivity contribution in [3.05, 3.63) is 0 Å². The van der Waals surface area contributed by atoms with Gasteiger partial charge in [0.15, 0.2) is 0 Å². The summed E-state index contributed by atoms with van der Waals surface area (Å²) in [6.45, 7) is 10.7. The van der Waals surface area contributed by atoms with E-state index in [1.165, 1.54) is 0 Å². The molecule has 1 amide bonds. The van der Waals surface area contributed by atoms with Gasteiger partial charge in [0.25, 0.3) is 13.5 Å². The zero-order valence-corrected chi connectivity index (χ0v) is 17.6. The Bertz CT molecular complexity index is 350. The highest BCUT2D eigenvalue weighted by molar-refractivity contribution is 6.76. The van der Waals surface area contributed by atoms with Crippen molar-refractivity contribution >= 4 is 81.4 Å². The van der Waals surface area contributed by atoms with Gasteiger partial charge in [-0.1, -0.05) is 69.6 Å². The van der Waals surface area contributed by atoms with Crippen molar-refractivity contribution in [1.82, 2.24) is 5.32 Å². The molecule has 0 spiro atoms. The summed E-state index contributed by atoms with van der Waals surface area (Å²) in [6, 6.07) is 0. The van der Waals surface area contributed by atoms with E-state index in [2.05, 4.69) is 5.32 Å². The lowest BCUT2D eigenvalue weighted by molar-refractivity contribution is -0.121. The van der Waals surface area contributed by atoms with E-state index in [9.17, 15) is 4.79 Å². The van der Waals surface area contributed by atoms with Crippen molar-refractivity contribution in [1.29, 1.82) is 5.41 Å². The summed E-state index contributed by atoms with van der Waals surface area (Å²) in [4.78, 5) is 11.0. The van der Waals surface area contributed by atoms with Crippen molar-refractivity contribution in [3.63, 3.8) is 0 Å². The van der Waals surface area contributed by atoms with Crippen LogP contribution in [0.3, 0.4) is 0 Å². The van der Waals surface area contributed by atoms with Crippen LogP contribution >= 0.6 is 69.6 Å². The molecule has 10 heteroatoms. The predicted octanol–water partition coefficient (Wildman–Crippen LogP) is 5.42. The van der Waals surface area contributed by atoms with Gasteiger partial charge in [-0.25, -0.2) is 0 Å². The zero-order chi connectivity index (χ0) is 18.6. The predicted molar refractivity (Wildman–Crippen MR) is 97.0 cm³/mol. The van der Waals surface area contributed by atoms with Gasteiger partial charge < -0.3 is 10.1 Å². The first-order valence-electron chi connectivity index (χ1n) is 6.00. The van der Waals surface area contributed by atoms with Crippen LogP contribution in [0.2, 0.25) is 0 Å². The van der Waals surface area contributed by atoms with Gasteiger partial charge in [0.2, 0.25) is 5.90 Å². The molecule has 0 aromatic heterocycles. The lowest BCUT2D eigenvalue weighted by atomic mass is 10.1. The van der Waals surface area contributed by atoms with E-state index >= 15 is 0 Å². The quantitative estimate of drug-likeness (QED) is 0.302. The van der Waals surface area contributed by atoms with Gasteiger partial charge in [-0.15, -0.1) is 0 Å². The van der Waals surface area contributed by atoms with E-state index in [1.807, 2.05) is 0 Å². The highest BCUT2D eigenvalue weighted by Crippen LogP contribution is 2.29. The third kappa shape index (κ3) is 15.6. The van der Waals surface area contributed by atoms with E-state index in [-0.39, 0.29) is 11.4 Å². The monoisotopic (exact) mass is 434 g/mol. The van der Waals surface area contributed by atoms with Crippen molar-refractivity contribution < 1.29 is 9.53 Å². The minimum atomic E-state index is -1.87. The number of nitrogens with one attached hydrogen (secondary N) is 2. The summed E-state index contributed by atoms with van der Waals surface area (Å²) >= 11 is 32.0. The molecule has 0 aromatic carbocycles. The molecule has 0 aliphatic carbocycles. The second-order valence-corrected chi connectivity index (χ2v) is 10.8. The highest BCUT2D eigenvalue weighted by Gasteiger charge is 2.33. The third-order valence-corrected chi connectivity index (χ3v) is 2.44. The first-order valence-corrected chi connectivity index (χ1v) is 8.26. The fraction of sp³-hybridized carbons (Fsp3) is 0.833. The molecule has 0 rings (SSSR count). The lowest BCUT2D eigenvalue weighted by Crippen LogP contribution is -2.46. The molecule has 0 aromatic rings. The Hall–Kier alpha value is 0.680. The summed E-state index contributed by atoms with van der Waals surface area (Å²) < 4.78 is 1.37. The standard InChI is InChI=1S/2C6H10Cl3NO/c1-5(2,3)11-4(10)6(7,8)9;1-5(2,3)10-4(11)6(7,8)9/h10H,1-3H3;1-3H3,(H,10,11). The Labute approximate surface area is 161 Å². The number of hydrogen-bond donors (Lipinski definition) is 2. The first kappa shape index (κ1) is 24.9. The summed E-state index contributed by atoms with van der Waals surface area (Å²) in [7, 11) is 0. The summed E-state index contributed by atoms with van der Waals surface area (Å²) in [5, 5.41) is 9.70. The van der Waals surface area contributed by atoms with Crippen LogP contribution in [0.15, 0.2) is 0 Å². The molecule has 0 heterocycles. The van der Waals surface area contributed by atoms with Crippen molar-refractivity contribution in [2.24, 2.45) is 0 Å². The molecule has 2 N–H and O–H groups in total. The van der Waals surface area contributed by atoms with Gasteiger partial charge >= 0.3 is 0 Å². The average Bonchev–Trinajstić information content (AvgIpc) is 2.09. The Morgan fingerprint density at radius 3 is 1.32 bits per heavy atom. The summed E-state index contributed by atoms with van der Waals surface area (Å²) in [5.74, 6) is -0.954. The molecule has 4 nitrogen and oxygen atoms in total. The molecule has 0 unspecified atom stereocenters. The van der Waals surface area contributed by atoms with E-state index in [4.69, 9.17) is 79.8 Å². The Morgan fingerprint density at radius 1 is 0.864 bits per heavy atom. The Balaban J connectivity index is 0. The van der Waals surface area contributed by atoms with Crippen LogP contribution in [0.4, 0.5) is 0 Å². The number of amides is 1. The molecule has 132 valence electrons. The van der Waals surface area contributed by atoms with Crippen LogP contribution in [0.25, 0.3) is 0 Å². The molecule has 0 atom stereocenters. The molecule has 0 aliphatic heterocycles. The maximum absolute atomic E-state index is 11.0. The maximum Gasteiger partial charge on any atom is 0.272 e. The van der Waals surface area contributed by atoms with Gasteiger partial charge in [-0.05, 0) is 41.5 Å². The minimum absolute atomic E-state index is 0.352. The second-order valence-electron chi connectivity index (χ2n) is 6.24. The number of carbonyl (C=O) groups is 1. The molecule has 0 radical (unpaired) electrons. The third-order valence-electron chi connectivity index (χ3n) is 1.41. The van der Waals surface area contributed by atoms with Gasteiger partial charge in [0, 0.05) is 5.54 Å². The number of hydrogen-bond acceptors (Lipinski definition) is 3. The fourth-order valence-corrected chi connectivity index (χ4v) is 1.03. The van der Waals surface area contributed by atoms with Crippen LogP contribution in [0, 0.1) is 5.41 Å². The Morgan fingerprint density at radius 2 is 1.23 bits per heavy atom. The smallest absolute Gasteiger partial charge is 0.272 e. The topological polar surface area (TPSA) is 62.2 Å². The zero-order valence-electron chi connectivity index (χ0n) is 13.1. The second kappa shape index (κ2) is 8.68. The lowest BCUT2D eigenvalue weighted by Gasteiger charge is -2.24. The van der Waals surface area contributed by atoms with Crippen LogP contribution in [-0.2, 0) is 9.53 Å². The molecule has 0 saturated heterocycles. The average molecular weight is 437 g/mol. The molecule has 0 aliphatic rings. The van der Waals surface area contributed by atoms with E-state index < -0.39 is 19.1 Å². The van der Waals surface area contributed by atoms with Gasteiger partial charge in [0.1, 0.15) is 5.60 Å². The van der Waals surface area contributed by atoms with Crippen molar-refractivity contribution in [2.75, 3.05) is 0 Å². The number of rotatable bonds is 0. The maximum atomic E-state index is 11.0. The number of halogens is 6. The normalized spacial score (nSPS) is 12.9. The van der Waals surface area contributed by atoms with Gasteiger partial charge in [-0.2, -0.15) is 0 Å². The SMILES string of the molecule is CC(C)(C)NC(=O)C(Cl)(Cl)Cl.CC(C)(C)OC(=N)C(Cl)(Cl)Cl. The van der Waals surface area contributed by atoms with Gasteiger partial charge in [0.05, 0.1) is 0 Å². The number of carbonyl (C=O) groups excluding carboxylic acids is 1. The van der Waals surface area contributed by atoms with Crippen LogP contribution in [0.5, 0.6) is 0 Å². The molecule has 22 heavy (non-hydrogen) atoms. The van der Waals surface area contributed by atoms with Crippen LogP contribution in [-0.4, -0.2) is 30.5 Å². The number of alkyl halides is 6. The van der Waals surface area contributed by atoms with Crippen molar-refractivity contribution in [3.8, 4) is 0 Å². The summed E-state index contributed by atoms with van der Waals surface area (Å²) in [6.07, 6.45) is 0. The van der Waals surface area contributed by atoms with Crippen molar-refractivity contribution in [2.45, 2.75) is 60.3 Å². The van der Waals surface area contributed by atoms with E-state index in [0.29, 0.717) is 0 Å². The first-order chi connectivity index (χ1) is 9.26. The minimum Gasteiger partial charge on any atom is -0.472 e. The largest absolute Gasteiger partial charge is 0.472 e. The van der Waals surface area contributed by atoms with E-state index in [1.54, 1.807) is 41.5 Å². The van der Waals surface area contributed by atoms with E-state index in [0.717, 1.165) is 0 Å². The van der Waals surface area contributed by atoms with Crippen LogP contribution < -0.4 is 5.32 Å². The molecule has 0 saturated carbocycles. The summed E-state index contributed by atoms with van der Waals surface area (Å²) in [5.41, 5.74) is -0.873.